The summed E-state index contributed by atoms with van der Waals surface area (Å²) in [7, 11) is 1.79. The molecular formula is C21H26IN5O. The van der Waals surface area contributed by atoms with Crippen molar-refractivity contribution in [2.75, 3.05) is 20.1 Å². The Labute approximate surface area is 182 Å². The van der Waals surface area contributed by atoms with Gasteiger partial charge in [-0.2, -0.15) is 0 Å². The minimum Gasteiger partial charge on any atom is -0.488 e. The van der Waals surface area contributed by atoms with Crippen molar-refractivity contribution >= 4 is 35.6 Å². The third-order valence-corrected chi connectivity index (χ3v) is 4.84. The summed E-state index contributed by atoms with van der Waals surface area (Å²) in [5.74, 6) is 1.78. The Bertz CT molecular complexity index is 943. The molecule has 0 bridgehead atoms. The largest absolute Gasteiger partial charge is 0.488 e. The van der Waals surface area contributed by atoms with E-state index in [2.05, 4.69) is 51.3 Å². The van der Waals surface area contributed by atoms with E-state index in [9.17, 15) is 0 Å². The number of nitrogens with zero attached hydrogens (tertiary/aromatic N) is 3. The first-order valence-electron chi connectivity index (χ1n) is 9.35. The third kappa shape index (κ3) is 4.57. The van der Waals surface area contributed by atoms with Gasteiger partial charge in [0.2, 0.25) is 0 Å². The minimum atomic E-state index is 0. The van der Waals surface area contributed by atoms with Crippen molar-refractivity contribution in [1.29, 1.82) is 0 Å². The van der Waals surface area contributed by atoms with Crippen molar-refractivity contribution in [2.24, 2.45) is 4.99 Å². The van der Waals surface area contributed by atoms with Gasteiger partial charge in [-0.1, -0.05) is 24.3 Å². The number of rotatable bonds is 5. The number of imidazole rings is 1. The number of benzene rings is 1. The molecule has 2 N–H and O–H groups in total. The molecule has 1 aliphatic rings. The smallest absolute Gasteiger partial charge is 0.191 e. The third-order valence-electron chi connectivity index (χ3n) is 4.84. The summed E-state index contributed by atoms with van der Waals surface area (Å²) in [6, 6.07) is 12.3. The lowest BCUT2D eigenvalue weighted by Crippen LogP contribution is -2.42. The molecule has 3 aromatic rings. The van der Waals surface area contributed by atoms with E-state index in [1.165, 1.54) is 11.1 Å². The van der Waals surface area contributed by atoms with Gasteiger partial charge in [0, 0.05) is 38.8 Å². The van der Waals surface area contributed by atoms with Crippen LogP contribution in [-0.2, 0) is 12.8 Å². The maximum atomic E-state index is 5.96. The Morgan fingerprint density at radius 1 is 1.25 bits per heavy atom. The highest BCUT2D eigenvalue weighted by Gasteiger charge is 2.22. The van der Waals surface area contributed by atoms with Crippen LogP contribution in [0.2, 0.25) is 0 Å². The van der Waals surface area contributed by atoms with Crippen molar-refractivity contribution in [3.05, 3.63) is 65.6 Å². The Kier molecular flexibility index (Phi) is 6.77. The van der Waals surface area contributed by atoms with Crippen molar-refractivity contribution in [2.45, 2.75) is 25.9 Å². The van der Waals surface area contributed by atoms with Gasteiger partial charge in [-0.3, -0.25) is 4.99 Å². The second-order valence-electron chi connectivity index (χ2n) is 6.84. The van der Waals surface area contributed by atoms with Gasteiger partial charge in [0.1, 0.15) is 17.5 Å². The zero-order chi connectivity index (χ0) is 18.6. The average Bonchev–Trinajstić information content (AvgIpc) is 3.28. The summed E-state index contributed by atoms with van der Waals surface area (Å²) in [5, 5.41) is 6.71. The molecule has 1 aliphatic heterocycles. The van der Waals surface area contributed by atoms with Crippen LogP contribution in [0, 0.1) is 6.92 Å². The number of fused-ring (bicyclic) bond motifs is 2. The maximum absolute atomic E-state index is 5.96. The van der Waals surface area contributed by atoms with Crippen molar-refractivity contribution < 1.29 is 4.74 Å². The summed E-state index contributed by atoms with van der Waals surface area (Å²) in [5.41, 5.74) is 4.55. The molecular weight excluding hydrogens is 465 g/mol. The Hall–Kier alpha value is -2.29. The molecule has 0 spiro atoms. The molecule has 0 saturated heterocycles. The molecule has 28 heavy (non-hydrogen) atoms. The fraction of sp³-hybridized carbons (Fsp3) is 0.333. The number of hydrogen-bond acceptors (Lipinski definition) is 3. The van der Waals surface area contributed by atoms with Crippen LogP contribution in [0.3, 0.4) is 0 Å². The summed E-state index contributed by atoms with van der Waals surface area (Å²) in [6.07, 6.45) is 6.03. The molecule has 4 rings (SSSR count). The fourth-order valence-electron chi connectivity index (χ4n) is 3.43. The van der Waals surface area contributed by atoms with Gasteiger partial charge in [-0.25, -0.2) is 4.98 Å². The highest BCUT2D eigenvalue weighted by atomic mass is 127. The summed E-state index contributed by atoms with van der Waals surface area (Å²) in [4.78, 5) is 9.01. The van der Waals surface area contributed by atoms with E-state index < -0.39 is 0 Å². The molecule has 0 aliphatic carbocycles. The average molecular weight is 491 g/mol. The number of aliphatic imine (C=N–C) groups is 1. The number of ether oxygens (including phenoxy) is 1. The van der Waals surface area contributed by atoms with Gasteiger partial charge < -0.3 is 19.8 Å². The summed E-state index contributed by atoms with van der Waals surface area (Å²) < 4.78 is 8.04. The van der Waals surface area contributed by atoms with Crippen LogP contribution < -0.4 is 15.4 Å². The van der Waals surface area contributed by atoms with Gasteiger partial charge >= 0.3 is 0 Å². The van der Waals surface area contributed by atoms with Crippen LogP contribution in [0.4, 0.5) is 0 Å². The standard InChI is InChI=1S/C21H25N5O.HI/c1-15-6-5-11-26-14-17(25-20(15)26)9-10-23-21(22-2)24-13-18-12-16-7-3-4-8-19(16)27-18;/h3-8,11,14,18H,9-10,12-13H2,1-2H3,(H2,22,23,24);1H. The van der Waals surface area contributed by atoms with Gasteiger partial charge in [-0.15, -0.1) is 24.0 Å². The number of guanidine groups is 1. The lowest BCUT2D eigenvalue weighted by molar-refractivity contribution is 0.235. The Morgan fingerprint density at radius 2 is 2.11 bits per heavy atom. The van der Waals surface area contributed by atoms with Gasteiger partial charge in [0.05, 0.1) is 12.2 Å². The van der Waals surface area contributed by atoms with Crippen molar-refractivity contribution in [1.82, 2.24) is 20.0 Å². The number of halogens is 1. The second kappa shape index (κ2) is 9.27. The monoisotopic (exact) mass is 491 g/mol. The predicted octanol–water partition coefficient (Wildman–Crippen LogP) is 2.97. The number of para-hydroxylation sites is 1. The molecule has 0 fully saturated rings. The zero-order valence-electron chi connectivity index (χ0n) is 16.2. The molecule has 0 amide bonds. The van der Waals surface area contributed by atoms with E-state index in [1.54, 1.807) is 7.05 Å². The number of pyridine rings is 1. The fourth-order valence-corrected chi connectivity index (χ4v) is 3.43. The molecule has 3 heterocycles. The van der Waals surface area contributed by atoms with Crippen LogP contribution in [-0.4, -0.2) is 41.6 Å². The normalized spacial score (nSPS) is 15.6. The molecule has 6 nitrogen and oxygen atoms in total. The number of nitrogens with one attached hydrogen (secondary N) is 2. The summed E-state index contributed by atoms with van der Waals surface area (Å²) in [6.45, 7) is 3.58. The molecule has 7 heteroatoms. The van der Waals surface area contributed by atoms with Crippen LogP contribution in [0.1, 0.15) is 16.8 Å². The zero-order valence-corrected chi connectivity index (χ0v) is 18.5. The lowest BCUT2D eigenvalue weighted by Gasteiger charge is -2.15. The van der Waals surface area contributed by atoms with E-state index in [0.29, 0.717) is 0 Å². The highest BCUT2D eigenvalue weighted by molar-refractivity contribution is 14.0. The topological polar surface area (TPSA) is 63.0 Å². The molecule has 0 radical (unpaired) electrons. The first kappa shape index (κ1) is 20.4. The van der Waals surface area contributed by atoms with E-state index in [-0.39, 0.29) is 30.1 Å². The van der Waals surface area contributed by atoms with Crippen LogP contribution >= 0.6 is 24.0 Å². The van der Waals surface area contributed by atoms with Crippen LogP contribution in [0.25, 0.3) is 5.65 Å². The Morgan fingerprint density at radius 3 is 2.89 bits per heavy atom. The minimum absolute atomic E-state index is 0. The molecule has 1 aromatic carbocycles. The highest BCUT2D eigenvalue weighted by Crippen LogP contribution is 2.27. The molecule has 148 valence electrons. The van der Waals surface area contributed by atoms with Gasteiger partial charge in [0.25, 0.3) is 0 Å². The number of hydrogen-bond donors (Lipinski definition) is 2. The molecule has 1 atom stereocenters. The maximum Gasteiger partial charge on any atom is 0.191 e. The second-order valence-corrected chi connectivity index (χ2v) is 6.84. The predicted molar refractivity (Wildman–Crippen MR) is 123 cm³/mol. The van der Waals surface area contributed by atoms with E-state index in [0.717, 1.165) is 49.0 Å². The van der Waals surface area contributed by atoms with Crippen molar-refractivity contribution in [3.63, 3.8) is 0 Å². The van der Waals surface area contributed by atoms with Gasteiger partial charge in [-0.05, 0) is 30.2 Å². The van der Waals surface area contributed by atoms with Crippen LogP contribution in [0.5, 0.6) is 5.75 Å². The first-order chi connectivity index (χ1) is 13.2. The summed E-state index contributed by atoms with van der Waals surface area (Å²) >= 11 is 0. The molecule has 1 unspecified atom stereocenters. The molecule has 2 aromatic heterocycles. The van der Waals surface area contributed by atoms with Gasteiger partial charge in [0.15, 0.2) is 5.96 Å². The van der Waals surface area contributed by atoms with Crippen molar-refractivity contribution in [3.8, 4) is 5.75 Å². The SMILES string of the molecule is CN=C(NCCc1cn2cccc(C)c2n1)NCC1Cc2ccccc2O1.I. The quantitative estimate of drug-likeness (QED) is 0.328. The Balaban J connectivity index is 0.00000225. The number of aromatic nitrogens is 2. The van der Waals surface area contributed by atoms with Crippen LogP contribution in [0.15, 0.2) is 53.8 Å². The first-order valence-corrected chi connectivity index (χ1v) is 9.35. The van der Waals surface area contributed by atoms with E-state index in [1.807, 2.05) is 24.4 Å². The van der Waals surface area contributed by atoms with E-state index in [4.69, 9.17) is 9.72 Å². The van der Waals surface area contributed by atoms with E-state index >= 15 is 0 Å². The molecule has 0 saturated carbocycles. The number of aryl methyl sites for hydroxylation is 1. The lowest BCUT2D eigenvalue weighted by atomic mass is 10.1.